The van der Waals surface area contributed by atoms with Crippen molar-refractivity contribution in [3.63, 3.8) is 0 Å². The highest BCUT2D eigenvalue weighted by molar-refractivity contribution is 5.84. The number of hydrogen-bond acceptors (Lipinski definition) is 2. The molecular formula is C15H18N2O3. The van der Waals surface area contributed by atoms with Crippen molar-refractivity contribution in [3.05, 3.63) is 48.6 Å². The summed E-state index contributed by atoms with van der Waals surface area (Å²) in [5.41, 5.74) is 0.558. The summed E-state index contributed by atoms with van der Waals surface area (Å²) in [6.07, 6.45) is 3.57. The zero-order valence-electron chi connectivity index (χ0n) is 11.2. The van der Waals surface area contributed by atoms with E-state index in [9.17, 15) is 14.7 Å². The molecular weight excluding hydrogens is 256 g/mol. The third kappa shape index (κ3) is 3.38. The quantitative estimate of drug-likeness (QED) is 0.781. The molecule has 1 fully saturated rings. The molecule has 0 heterocycles. The van der Waals surface area contributed by atoms with Crippen molar-refractivity contribution in [2.45, 2.75) is 24.9 Å². The summed E-state index contributed by atoms with van der Waals surface area (Å²) in [5.74, 6) is -1.07. The fourth-order valence-corrected chi connectivity index (χ4v) is 2.06. The first-order valence-electron chi connectivity index (χ1n) is 6.59. The van der Waals surface area contributed by atoms with Crippen molar-refractivity contribution < 1.29 is 14.7 Å². The Hall–Kier alpha value is -2.30. The predicted octanol–water partition coefficient (Wildman–Crippen LogP) is 2.17. The van der Waals surface area contributed by atoms with Gasteiger partial charge >= 0.3 is 12.0 Å². The van der Waals surface area contributed by atoms with Crippen molar-refractivity contribution in [3.8, 4) is 0 Å². The van der Waals surface area contributed by atoms with Gasteiger partial charge in [0.1, 0.15) is 0 Å². The second-order valence-corrected chi connectivity index (χ2v) is 4.80. The first-order valence-corrected chi connectivity index (χ1v) is 6.59. The highest BCUT2D eigenvalue weighted by Gasteiger charge is 2.33. The van der Waals surface area contributed by atoms with Gasteiger partial charge in [-0.1, -0.05) is 36.4 Å². The van der Waals surface area contributed by atoms with Gasteiger partial charge in [0.05, 0.1) is 0 Å². The van der Waals surface area contributed by atoms with E-state index < -0.39 is 12.0 Å². The van der Waals surface area contributed by atoms with Crippen LogP contribution in [0.5, 0.6) is 0 Å². The van der Waals surface area contributed by atoms with Gasteiger partial charge in [-0.05, 0) is 18.4 Å². The Morgan fingerprint density at radius 2 is 2.05 bits per heavy atom. The minimum atomic E-state index is -1.07. The molecule has 0 spiro atoms. The Morgan fingerprint density at radius 3 is 2.55 bits per heavy atom. The van der Waals surface area contributed by atoms with Gasteiger partial charge in [-0.3, -0.25) is 0 Å². The van der Waals surface area contributed by atoms with Gasteiger partial charge in [0.2, 0.25) is 0 Å². The summed E-state index contributed by atoms with van der Waals surface area (Å²) in [7, 11) is 0. The Balaban J connectivity index is 2.09. The van der Waals surface area contributed by atoms with Gasteiger partial charge < -0.3 is 15.3 Å². The molecule has 0 saturated heterocycles. The van der Waals surface area contributed by atoms with Crippen LogP contribution in [0.25, 0.3) is 0 Å². The number of benzene rings is 1. The minimum absolute atomic E-state index is 0.207. The van der Waals surface area contributed by atoms with Crippen LogP contribution in [0.15, 0.2) is 43.0 Å². The smallest absolute Gasteiger partial charge is 0.330 e. The van der Waals surface area contributed by atoms with Crippen molar-refractivity contribution in [1.82, 2.24) is 10.2 Å². The number of carbonyl (C=O) groups excluding carboxylic acids is 1. The normalized spacial score (nSPS) is 15.2. The number of hydrogen-bond donors (Lipinski definition) is 2. The molecule has 1 aliphatic carbocycles. The molecule has 0 aromatic heterocycles. The lowest BCUT2D eigenvalue weighted by molar-refractivity contribution is -0.139. The molecule has 2 amide bonds. The third-order valence-electron chi connectivity index (χ3n) is 3.22. The molecule has 0 bridgehead atoms. The van der Waals surface area contributed by atoms with Crippen molar-refractivity contribution in [2.24, 2.45) is 0 Å². The highest BCUT2D eigenvalue weighted by atomic mass is 16.4. The molecule has 106 valence electrons. The van der Waals surface area contributed by atoms with Gasteiger partial charge in [0.25, 0.3) is 0 Å². The Labute approximate surface area is 117 Å². The zero-order valence-corrected chi connectivity index (χ0v) is 11.2. The predicted molar refractivity (Wildman–Crippen MR) is 75.3 cm³/mol. The Bertz CT molecular complexity index is 497. The van der Waals surface area contributed by atoms with Gasteiger partial charge in [0, 0.05) is 12.6 Å². The van der Waals surface area contributed by atoms with E-state index in [4.69, 9.17) is 0 Å². The van der Waals surface area contributed by atoms with Crippen LogP contribution in [0.3, 0.4) is 0 Å². The zero-order chi connectivity index (χ0) is 14.5. The first-order chi connectivity index (χ1) is 9.63. The van der Waals surface area contributed by atoms with E-state index in [1.165, 1.54) is 0 Å². The lowest BCUT2D eigenvalue weighted by Crippen LogP contribution is -2.44. The van der Waals surface area contributed by atoms with E-state index in [0.717, 1.165) is 12.8 Å². The molecule has 0 aliphatic heterocycles. The largest absolute Gasteiger partial charge is 0.479 e. The fraction of sp³-hybridized carbons (Fsp3) is 0.333. The first kappa shape index (κ1) is 14.1. The monoisotopic (exact) mass is 274 g/mol. The summed E-state index contributed by atoms with van der Waals surface area (Å²) in [6.45, 7) is 4.06. The lowest BCUT2D eigenvalue weighted by Gasteiger charge is -2.24. The van der Waals surface area contributed by atoms with Crippen LogP contribution in [0.2, 0.25) is 0 Å². The van der Waals surface area contributed by atoms with Gasteiger partial charge in [0.15, 0.2) is 6.04 Å². The van der Waals surface area contributed by atoms with E-state index >= 15 is 0 Å². The third-order valence-corrected chi connectivity index (χ3v) is 3.22. The summed E-state index contributed by atoms with van der Waals surface area (Å²) in [5, 5.41) is 11.9. The SMILES string of the molecule is C=CCN(C(=O)N[C@@H](C(=O)O)c1ccccc1)C1CC1. The molecule has 2 N–H and O–H groups in total. The second kappa shape index (κ2) is 6.23. The number of nitrogens with zero attached hydrogens (tertiary/aromatic N) is 1. The molecule has 2 rings (SSSR count). The second-order valence-electron chi connectivity index (χ2n) is 4.80. The molecule has 0 radical (unpaired) electrons. The molecule has 20 heavy (non-hydrogen) atoms. The number of aliphatic carboxylic acids is 1. The van der Waals surface area contributed by atoms with Gasteiger partial charge in [-0.15, -0.1) is 6.58 Å². The molecule has 1 atom stereocenters. The lowest BCUT2D eigenvalue weighted by atomic mass is 10.1. The topological polar surface area (TPSA) is 69.6 Å². The maximum Gasteiger partial charge on any atom is 0.330 e. The fourth-order valence-electron chi connectivity index (χ4n) is 2.06. The van der Waals surface area contributed by atoms with Crippen molar-refractivity contribution in [2.75, 3.05) is 6.54 Å². The van der Waals surface area contributed by atoms with E-state index in [2.05, 4.69) is 11.9 Å². The molecule has 5 nitrogen and oxygen atoms in total. The van der Waals surface area contributed by atoms with Crippen LogP contribution in [-0.4, -0.2) is 34.6 Å². The van der Waals surface area contributed by atoms with E-state index in [1.807, 2.05) is 0 Å². The highest BCUT2D eigenvalue weighted by Crippen LogP contribution is 2.27. The van der Waals surface area contributed by atoms with Crippen LogP contribution >= 0.6 is 0 Å². The Kier molecular flexibility index (Phi) is 4.40. The minimum Gasteiger partial charge on any atom is -0.479 e. The number of urea groups is 1. The number of amides is 2. The summed E-state index contributed by atoms with van der Waals surface area (Å²) in [6, 6.07) is 7.50. The van der Waals surface area contributed by atoms with Crippen LogP contribution in [0, 0.1) is 0 Å². The van der Waals surface area contributed by atoms with E-state index in [-0.39, 0.29) is 12.1 Å². The van der Waals surface area contributed by atoms with E-state index in [0.29, 0.717) is 12.1 Å². The summed E-state index contributed by atoms with van der Waals surface area (Å²) >= 11 is 0. The van der Waals surface area contributed by atoms with Crippen LogP contribution in [-0.2, 0) is 4.79 Å². The van der Waals surface area contributed by atoms with Crippen molar-refractivity contribution >= 4 is 12.0 Å². The Morgan fingerprint density at radius 1 is 1.40 bits per heavy atom. The van der Waals surface area contributed by atoms with Crippen molar-refractivity contribution in [1.29, 1.82) is 0 Å². The van der Waals surface area contributed by atoms with Gasteiger partial charge in [-0.2, -0.15) is 0 Å². The standard InChI is InChI=1S/C15H18N2O3/c1-2-10-17(12-8-9-12)15(20)16-13(14(18)19)11-6-4-3-5-7-11/h2-7,12-13H,1,8-10H2,(H,16,20)(H,18,19)/t13-/m1/s1. The number of carboxylic acid groups (broad SMARTS) is 1. The molecule has 0 unspecified atom stereocenters. The van der Waals surface area contributed by atoms with Gasteiger partial charge in [-0.25, -0.2) is 9.59 Å². The molecule has 5 heteroatoms. The van der Waals surface area contributed by atoms with Crippen LogP contribution in [0.1, 0.15) is 24.4 Å². The average molecular weight is 274 g/mol. The average Bonchev–Trinajstić information content (AvgIpc) is 3.27. The summed E-state index contributed by atoms with van der Waals surface area (Å²) in [4.78, 5) is 25.2. The summed E-state index contributed by atoms with van der Waals surface area (Å²) < 4.78 is 0. The molecule has 1 aromatic rings. The number of nitrogens with one attached hydrogen (secondary N) is 1. The maximum absolute atomic E-state index is 12.2. The molecule has 1 aliphatic rings. The van der Waals surface area contributed by atoms with Crippen LogP contribution in [0.4, 0.5) is 4.79 Å². The van der Waals surface area contributed by atoms with Crippen LogP contribution < -0.4 is 5.32 Å². The molecule has 1 aromatic carbocycles. The number of carboxylic acids is 1. The number of rotatable bonds is 6. The van der Waals surface area contributed by atoms with E-state index in [1.54, 1.807) is 41.3 Å². The molecule has 1 saturated carbocycles. The number of carbonyl (C=O) groups is 2. The maximum atomic E-state index is 12.2.